The molecule has 0 saturated heterocycles. The Balaban J connectivity index is 2.14. The van der Waals surface area contributed by atoms with Crippen LogP contribution in [-0.4, -0.2) is 39.8 Å². The maximum Gasteiger partial charge on any atom is 0.437 e. The van der Waals surface area contributed by atoms with Gasteiger partial charge in [-0.05, 0) is 57.1 Å². The van der Waals surface area contributed by atoms with Crippen LogP contribution < -0.4 is 4.43 Å². The average Bonchev–Trinajstić information content (AvgIpc) is 2.99. The van der Waals surface area contributed by atoms with Crippen LogP contribution in [0.1, 0.15) is 41.5 Å². The second-order valence-electron chi connectivity index (χ2n) is 9.88. The molecule has 8 heteroatoms. The molecule has 3 heterocycles. The molecule has 3 aromatic rings. The van der Waals surface area contributed by atoms with E-state index in [2.05, 4.69) is 48.9 Å². The lowest BCUT2D eigenvalue weighted by Gasteiger charge is -2.36. The van der Waals surface area contributed by atoms with Gasteiger partial charge in [-0.1, -0.05) is 20.8 Å². The highest BCUT2D eigenvalue weighted by Gasteiger charge is 2.39. The van der Waals surface area contributed by atoms with Crippen molar-refractivity contribution in [3.05, 3.63) is 36.8 Å². The molecule has 160 valence electrons. The van der Waals surface area contributed by atoms with Gasteiger partial charge in [0.25, 0.3) is 8.32 Å². The topological polar surface area (TPSA) is 79.1 Å². The van der Waals surface area contributed by atoms with Crippen LogP contribution in [0.25, 0.3) is 22.3 Å². The monoisotopic (exact) mass is 426 g/mol. The fraction of sp³-hybridized carbons (Fsp3) is 0.455. The highest BCUT2D eigenvalue weighted by atomic mass is 28.4. The van der Waals surface area contributed by atoms with Gasteiger partial charge in [0.15, 0.2) is 5.65 Å². The molecule has 0 spiro atoms. The third kappa shape index (κ3) is 4.53. The summed E-state index contributed by atoms with van der Waals surface area (Å²) in [6.07, 6.45) is 4.47. The summed E-state index contributed by atoms with van der Waals surface area (Å²) in [5.41, 5.74) is 1.26. The third-order valence-electron chi connectivity index (χ3n) is 5.20. The molecule has 30 heavy (non-hydrogen) atoms. The van der Waals surface area contributed by atoms with Crippen LogP contribution in [0.15, 0.2) is 36.8 Å². The Kier molecular flexibility index (Phi) is 5.49. The number of aromatic nitrogens is 4. The number of hydrogen-bond acceptors (Lipinski definition) is 6. The van der Waals surface area contributed by atoms with E-state index in [4.69, 9.17) is 9.16 Å². The minimum atomic E-state index is -2.05. The molecule has 0 bridgehead atoms. The van der Waals surface area contributed by atoms with E-state index in [1.165, 1.54) is 4.68 Å². The van der Waals surface area contributed by atoms with E-state index in [1.807, 2.05) is 39.0 Å². The SMILES string of the molecule is CC(C)(C)OC(=O)n1nc(-c2ccncc2)c2cc(O[Si](C)(C)C(C)(C)C)cnc21. The van der Waals surface area contributed by atoms with Crippen LogP contribution in [0.2, 0.25) is 18.1 Å². The van der Waals surface area contributed by atoms with E-state index >= 15 is 0 Å². The molecule has 7 nitrogen and oxygen atoms in total. The van der Waals surface area contributed by atoms with E-state index in [0.29, 0.717) is 17.1 Å². The number of carbonyl (C=O) groups excluding carboxylic acids is 1. The Bertz CT molecular complexity index is 1060. The molecule has 3 rings (SSSR count). The normalized spacial score (nSPS) is 12.8. The standard InChI is InChI=1S/C22H30N4O3Si/c1-21(2,3)28-20(27)26-19-17(18(25-26)15-9-11-23-12-10-15)13-16(14-24-19)29-30(7,8)22(4,5)6/h9-14H,1-8H3. The van der Waals surface area contributed by atoms with Crippen molar-refractivity contribution in [3.63, 3.8) is 0 Å². The summed E-state index contributed by atoms with van der Waals surface area (Å²) in [6.45, 7) is 16.4. The van der Waals surface area contributed by atoms with Crippen molar-refractivity contribution in [2.45, 2.75) is 65.3 Å². The van der Waals surface area contributed by atoms with Crippen molar-refractivity contribution in [3.8, 4) is 17.0 Å². The van der Waals surface area contributed by atoms with E-state index in [-0.39, 0.29) is 5.04 Å². The summed E-state index contributed by atoms with van der Waals surface area (Å²) >= 11 is 0. The molecule has 0 aromatic carbocycles. The smallest absolute Gasteiger partial charge is 0.437 e. The van der Waals surface area contributed by atoms with Crippen molar-refractivity contribution in [1.82, 2.24) is 19.7 Å². The number of pyridine rings is 2. The zero-order chi connectivity index (χ0) is 22.3. The van der Waals surface area contributed by atoms with Crippen LogP contribution >= 0.6 is 0 Å². The van der Waals surface area contributed by atoms with Crippen LogP contribution in [-0.2, 0) is 4.74 Å². The van der Waals surface area contributed by atoms with Crippen molar-refractivity contribution in [2.75, 3.05) is 0 Å². The molecule has 0 fully saturated rings. The highest BCUT2D eigenvalue weighted by Crippen LogP contribution is 2.38. The second-order valence-corrected chi connectivity index (χ2v) is 14.6. The van der Waals surface area contributed by atoms with Gasteiger partial charge in [-0.25, -0.2) is 9.78 Å². The van der Waals surface area contributed by atoms with Gasteiger partial charge in [0.2, 0.25) is 0 Å². The van der Waals surface area contributed by atoms with Gasteiger partial charge >= 0.3 is 6.09 Å². The molecular weight excluding hydrogens is 396 g/mol. The first-order chi connectivity index (χ1) is 13.8. The predicted octanol–water partition coefficient (Wildman–Crippen LogP) is 5.66. The summed E-state index contributed by atoms with van der Waals surface area (Å²) in [5.74, 6) is 0.674. The summed E-state index contributed by atoms with van der Waals surface area (Å²) in [7, 11) is -2.05. The Morgan fingerprint density at radius 3 is 2.27 bits per heavy atom. The van der Waals surface area contributed by atoms with Crippen molar-refractivity contribution in [1.29, 1.82) is 0 Å². The summed E-state index contributed by atoms with van der Waals surface area (Å²) < 4.78 is 13.2. The van der Waals surface area contributed by atoms with E-state index in [9.17, 15) is 4.79 Å². The van der Waals surface area contributed by atoms with Gasteiger partial charge in [0, 0.05) is 18.0 Å². The molecule has 0 unspecified atom stereocenters. The Morgan fingerprint density at radius 2 is 1.70 bits per heavy atom. The number of nitrogens with zero attached hydrogens (tertiary/aromatic N) is 4. The lowest BCUT2D eigenvalue weighted by atomic mass is 10.1. The van der Waals surface area contributed by atoms with E-state index in [1.54, 1.807) is 18.6 Å². The fourth-order valence-corrected chi connectivity index (χ4v) is 3.65. The fourth-order valence-electron chi connectivity index (χ4n) is 2.64. The van der Waals surface area contributed by atoms with Gasteiger partial charge in [-0.3, -0.25) is 4.98 Å². The van der Waals surface area contributed by atoms with Gasteiger partial charge in [-0.15, -0.1) is 4.68 Å². The molecule has 0 amide bonds. The number of carbonyl (C=O) groups is 1. The second kappa shape index (κ2) is 7.50. The van der Waals surface area contributed by atoms with Crippen LogP contribution in [0, 0.1) is 0 Å². The van der Waals surface area contributed by atoms with Crippen LogP contribution in [0.5, 0.6) is 5.75 Å². The largest absolute Gasteiger partial charge is 0.542 e. The van der Waals surface area contributed by atoms with Gasteiger partial charge in [0.05, 0.1) is 11.6 Å². The first-order valence-corrected chi connectivity index (χ1v) is 12.9. The third-order valence-corrected chi connectivity index (χ3v) is 9.56. The summed E-state index contributed by atoms with van der Waals surface area (Å²) in [5, 5.41) is 5.32. The zero-order valence-corrected chi connectivity index (χ0v) is 20.0. The summed E-state index contributed by atoms with van der Waals surface area (Å²) in [4.78, 5) is 21.4. The lowest BCUT2D eigenvalue weighted by Crippen LogP contribution is -2.43. The number of rotatable bonds is 3. The van der Waals surface area contributed by atoms with Gasteiger partial charge < -0.3 is 9.16 Å². The minimum absolute atomic E-state index is 0.0522. The highest BCUT2D eigenvalue weighted by molar-refractivity contribution is 6.74. The molecule has 0 aliphatic carbocycles. The maximum absolute atomic E-state index is 12.8. The zero-order valence-electron chi connectivity index (χ0n) is 19.0. The number of fused-ring (bicyclic) bond motifs is 1. The summed E-state index contributed by atoms with van der Waals surface area (Å²) in [6, 6.07) is 5.61. The van der Waals surface area contributed by atoms with Gasteiger partial charge in [0.1, 0.15) is 17.0 Å². The molecule has 0 aliphatic rings. The van der Waals surface area contributed by atoms with E-state index < -0.39 is 20.0 Å². The van der Waals surface area contributed by atoms with Crippen molar-refractivity contribution < 1.29 is 14.0 Å². The van der Waals surface area contributed by atoms with Crippen LogP contribution in [0.4, 0.5) is 4.79 Å². The lowest BCUT2D eigenvalue weighted by molar-refractivity contribution is 0.0522. The average molecular weight is 427 g/mol. The molecule has 0 atom stereocenters. The van der Waals surface area contributed by atoms with Crippen LogP contribution in [0.3, 0.4) is 0 Å². The Labute approximate surface area is 178 Å². The number of ether oxygens (including phenoxy) is 1. The predicted molar refractivity (Wildman–Crippen MR) is 120 cm³/mol. The minimum Gasteiger partial charge on any atom is -0.542 e. The van der Waals surface area contributed by atoms with Gasteiger partial charge in [-0.2, -0.15) is 5.10 Å². The Morgan fingerprint density at radius 1 is 1.07 bits per heavy atom. The molecule has 0 saturated carbocycles. The first-order valence-electron chi connectivity index (χ1n) is 10.00. The molecule has 0 N–H and O–H groups in total. The molecule has 0 radical (unpaired) electrons. The Hall–Kier alpha value is -2.74. The number of hydrogen-bond donors (Lipinski definition) is 0. The first kappa shape index (κ1) is 22.0. The molecule has 3 aromatic heterocycles. The quantitative estimate of drug-likeness (QED) is 0.503. The van der Waals surface area contributed by atoms with Crippen molar-refractivity contribution >= 4 is 25.4 Å². The molecule has 0 aliphatic heterocycles. The van der Waals surface area contributed by atoms with E-state index in [0.717, 1.165) is 10.9 Å². The maximum atomic E-state index is 12.8. The van der Waals surface area contributed by atoms with Crippen molar-refractivity contribution in [2.24, 2.45) is 0 Å². The molecular formula is C22H30N4O3Si.